The molecule has 236 valence electrons. The van der Waals surface area contributed by atoms with Crippen molar-refractivity contribution in [2.75, 3.05) is 13.2 Å². The standard InChI is InChI=1S/C32H48F6O3/c1-20(6-4-14-30(31(33,34)35,32(36,37)38)41-23-7-5-17-40-19-23)25-10-11-26-24-9-8-21-18-22(39)12-15-28(21,2)27(24)13-16-29(25,26)3/h8,20,22-27,39H,4-7,9-19H2,1-3H3/t20-,22+,23?,24+,25-,26+,27+,28+,29-/m1/s1. The molecular weight excluding hydrogens is 546 g/mol. The van der Waals surface area contributed by atoms with E-state index in [1.54, 1.807) is 0 Å². The third-order valence-electron chi connectivity index (χ3n) is 12.4. The van der Waals surface area contributed by atoms with Gasteiger partial charge >= 0.3 is 12.4 Å². The molecule has 9 heteroatoms. The summed E-state index contributed by atoms with van der Waals surface area (Å²) in [5.41, 5.74) is -2.56. The Balaban J connectivity index is 1.26. The molecule has 1 saturated heterocycles. The summed E-state index contributed by atoms with van der Waals surface area (Å²) in [6.45, 7) is 6.84. The van der Waals surface area contributed by atoms with Crippen LogP contribution < -0.4 is 0 Å². The fourth-order valence-electron chi connectivity index (χ4n) is 10.2. The molecule has 1 N–H and O–H groups in total. The Kier molecular flexibility index (Phi) is 8.70. The molecule has 4 aliphatic carbocycles. The molecule has 3 saturated carbocycles. The molecule has 4 fully saturated rings. The fraction of sp³-hybridized carbons (Fsp3) is 0.938. The number of allylic oxidation sites excluding steroid dienone is 1. The van der Waals surface area contributed by atoms with Crippen molar-refractivity contribution in [3.63, 3.8) is 0 Å². The van der Waals surface area contributed by atoms with Crippen molar-refractivity contribution < 1.29 is 40.9 Å². The number of hydrogen-bond donors (Lipinski definition) is 1. The second-order valence-electron chi connectivity index (χ2n) is 14.5. The molecule has 0 aromatic carbocycles. The number of halogens is 6. The summed E-state index contributed by atoms with van der Waals surface area (Å²) in [6, 6.07) is 0. The molecule has 0 aromatic heterocycles. The van der Waals surface area contributed by atoms with Gasteiger partial charge in [-0.1, -0.05) is 38.8 Å². The molecule has 0 radical (unpaired) electrons. The van der Waals surface area contributed by atoms with Gasteiger partial charge in [0, 0.05) is 6.61 Å². The minimum absolute atomic E-state index is 0.0360. The van der Waals surface area contributed by atoms with Crippen molar-refractivity contribution in [3.8, 4) is 0 Å². The molecule has 5 aliphatic rings. The molecule has 0 spiro atoms. The Morgan fingerprint density at radius 3 is 2.39 bits per heavy atom. The highest BCUT2D eigenvalue weighted by molar-refractivity contribution is 5.25. The molecule has 3 nitrogen and oxygen atoms in total. The number of aliphatic hydroxyl groups is 1. The van der Waals surface area contributed by atoms with Gasteiger partial charge in [0.15, 0.2) is 0 Å². The van der Waals surface area contributed by atoms with Gasteiger partial charge in [-0.15, -0.1) is 0 Å². The van der Waals surface area contributed by atoms with E-state index in [-0.39, 0.29) is 42.3 Å². The van der Waals surface area contributed by atoms with Crippen molar-refractivity contribution in [1.82, 2.24) is 0 Å². The van der Waals surface area contributed by atoms with Gasteiger partial charge in [-0.3, -0.25) is 0 Å². The minimum Gasteiger partial charge on any atom is -0.393 e. The van der Waals surface area contributed by atoms with Crippen molar-refractivity contribution in [1.29, 1.82) is 0 Å². The predicted molar refractivity (Wildman–Crippen MR) is 144 cm³/mol. The zero-order valence-electron chi connectivity index (χ0n) is 24.8. The highest BCUT2D eigenvalue weighted by Crippen LogP contribution is 2.67. The van der Waals surface area contributed by atoms with Gasteiger partial charge in [-0.25, -0.2) is 0 Å². The zero-order valence-corrected chi connectivity index (χ0v) is 24.8. The summed E-state index contributed by atoms with van der Waals surface area (Å²) in [4.78, 5) is 0. The van der Waals surface area contributed by atoms with Crippen LogP contribution in [0.15, 0.2) is 11.6 Å². The maximum Gasteiger partial charge on any atom is 0.426 e. The molecular formula is C32H48F6O3. The average Bonchev–Trinajstić information content (AvgIpc) is 3.25. The van der Waals surface area contributed by atoms with E-state index in [1.165, 1.54) is 5.57 Å². The first-order valence-corrected chi connectivity index (χ1v) is 15.9. The van der Waals surface area contributed by atoms with Crippen LogP contribution in [-0.2, 0) is 9.47 Å². The quantitative estimate of drug-likeness (QED) is 0.237. The van der Waals surface area contributed by atoms with E-state index in [4.69, 9.17) is 9.47 Å². The van der Waals surface area contributed by atoms with Gasteiger partial charge in [0.1, 0.15) is 0 Å². The number of rotatable bonds is 7. The smallest absolute Gasteiger partial charge is 0.393 e. The van der Waals surface area contributed by atoms with Gasteiger partial charge < -0.3 is 14.6 Å². The SMILES string of the molecule is C[C@H](CCCC(OC1CCCOC1)(C(F)(F)F)C(F)(F)F)[C@H]1CC[C@H]2[C@@H]3CC=C4C[C@@H](O)CC[C@]4(C)[C@H]3CC[C@]12C. The van der Waals surface area contributed by atoms with Crippen LogP contribution in [-0.4, -0.2) is 48.5 Å². The van der Waals surface area contributed by atoms with Gasteiger partial charge in [0.25, 0.3) is 5.60 Å². The average molecular weight is 595 g/mol. The minimum atomic E-state index is -5.56. The molecule has 0 bridgehead atoms. The maximum atomic E-state index is 14.2. The van der Waals surface area contributed by atoms with Crippen molar-refractivity contribution in [3.05, 3.63) is 11.6 Å². The fourth-order valence-corrected chi connectivity index (χ4v) is 10.2. The van der Waals surface area contributed by atoms with E-state index in [2.05, 4.69) is 19.9 Å². The van der Waals surface area contributed by atoms with Crippen LogP contribution in [0, 0.1) is 40.4 Å². The lowest BCUT2D eigenvalue weighted by Crippen LogP contribution is -2.60. The Morgan fingerprint density at radius 1 is 1.00 bits per heavy atom. The summed E-state index contributed by atoms with van der Waals surface area (Å²) < 4.78 is 95.0. The molecule has 1 heterocycles. The van der Waals surface area contributed by atoms with Crippen molar-refractivity contribution >= 4 is 0 Å². The van der Waals surface area contributed by atoms with Gasteiger partial charge in [0.05, 0.1) is 18.8 Å². The Morgan fingerprint density at radius 2 is 1.73 bits per heavy atom. The monoisotopic (exact) mass is 594 g/mol. The van der Waals surface area contributed by atoms with E-state index < -0.39 is 30.5 Å². The number of hydrogen-bond acceptors (Lipinski definition) is 3. The van der Waals surface area contributed by atoms with Gasteiger partial charge in [-0.05, 0) is 117 Å². The van der Waals surface area contributed by atoms with Crippen LogP contribution in [0.1, 0.15) is 104 Å². The molecule has 1 unspecified atom stereocenters. The molecule has 9 atom stereocenters. The summed E-state index contributed by atoms with van der Waals surface area (Å²) in [5.74, 6) is 1.99. The lowest BCUT2D eigenvalue weighted by atomic mass is 9.47. The Hall–Kier alpha value is -0.800. The maximum absolute atomic E-state index is 14.2. The van der Waals surface area contributed by atoms with Crippen LogP contribution >= 0.6 is 0 Å². The molecule has 0 aromatic rings. The zero-order chi connectivity index (χ0) is 29.8. The number of fused-ring (bicyclic) bond motifs is 5. The normalized spacial score (nSPS) is 40.8. The van der Waals surface area contributed by atoms with Crippen molar-refractivity contribution in [2.45, 2.75) is 134 Å². The second kappa shape index (κ2) is 11.3. The van der Waals surface area contributed by atoms with E-state index in [1.807, 2.05) is 6.92 Å². The highest BCUT2D eigenvalue weighted by atomic mass is 19.4. The molecule has 0 amide bonds. The third kappa shape index (κ3) is 5.51. The first-order valence-electron chi connectivity index (χ1n) is 15.9. The highest BCUT2D eigenvalue weighted by Gasteiger charge is 2.72. The van der Waals surface area contributed by atoms with E-state index >= 15 is 0 Å². The summed E-state index contributed by atoms with van der Waals surface area (Å²) in [7, 11) is 0. The van der Waals surface area contributed by atoms with E-state index in [0.717, 1.165) is 51.4 Å². The van der Waals surface area contributed by atoms with E-state index in [9.17, 15) is 31.4 Å². The summed E-state index contributed by atoms with van der Waals surface area (Å²) >= 11 is 0. The largest absolute Gasteiger partial charge is 0.426 e. The van der Waals surface area contributed by atoms with Gasteiger partial charge in [0.2, 0.25) is 0 Å². The van der Waals surface area contributed by atoms with Crippen LogP contribution in [0.4, 0.5) is 26.3 Å². The Labute approximate surface area is 240 Å². The number of alkyl halides is 6. The number of aliphatic hydroxyl groups excluding tert-OH is 1. The first-order chi connectivity index (χ1) is 19.1. The second-order valence-corrected chi connectivity index (χ2v) is 14.5. The van der Waals surface area contributed by atoms with Crippen LogP contribution in [0.2, 0.25) is 0 Å². The number of ether oxygens (including phenoxy) is 2. The summed E-state index contributed by atoms with van der Waals surface area (Å²) in [5, 5.41) is 10.3. The van der Waals surface area contributed by atoms with E-state index in [0.29, 0.717) is 43.1 Å². The first kappa shape index (κ1) is 31.6. The molecule has 1 aliphatic heterocycles. The van der Waals surface area contributed by atoms with Crippen LogP contribution in [0.5, 0.6) is 0 Å². The molecule has 41 heavy (non-hydrogen) atoms. The molecule has 5 rings (SSSR count). The predicted octanol–water partition coefficient (Wildman–Crippen LogP) is 8.79. The van der Waals surface area contributed by atoms with Gasteiger partial charge in [-0.2, -0.15) is 26.3 Å². The van der Waals surface area contributed by atoms with Crippen LogP contribution in [0.25, 0.3) is 0 Å². The summed E-state index contributed by atoms with van der Waals surface area (Å²) in [6.07, 6.45) is -2.80. The van der Waals surface area contributed by atoms with Crippen molar-refractivity contribution in [2.24, 2.45) is 40.4 Å². The van der Waals surface area contributed by atoms with Crippen LogP contribution in [0.3, 0.4) is 0 Å². The lowest BCUT2D eigenvalue weighted by molar-refractivity contribution is -0.395. The lowest BCUT2D eigenvalue weighted by Gasteiger charge is -2.58. The Bertz CT molecular complexity index is 942. The third-order valence-corrected chi connectivity index (χ3v) is 12.4. The topological polar surface area (TPSA) is 38.7 Å².